The summed E-state index contributed by atoms with van der Waals surface area (Å²) in [5, 5.41) is 13.9. The zero-order valence-corrected chi connectivity index (χ0v) is 21.7. The van der Waals surface area contributed by atoms with E-state index < -0.39 is 0 Å². The summed E-state index contributed by atoms with van der Waals surface area (Å²) in [7, 11) is 0. The summed E-state index contributed by atoms with van der Waals surface area (Å²) in [6.45, 7) is 13.9. The molecule has 1 unspecified atom stereocenters. The molecule has 0 radical (unpaired) electrons. The number of benzene rings is 2. The molecule has 2 aromatic heterocycles. The lowest BCUT2D eigenvalue weighted by Crippen LogP contribution is -2.36. The molecule has 1 atom stereocenters. The number of aromatic nitrogens is 5. The number of hydrogen-bond donors (Lipinski definition) is 1. The van der Waals surface area contributed by atoms with Gasteiger partial charge >= 0.3 is 0 Å². The van der Waals surface area contributed by atoms with Crippen molar-refractivity contribution in [2.45, 2.75) is 79.1 Å². The maximum atomic E-state index is 13.2. The molecular weight excluding hydrogens is 436 g/mol. The summed E-state index contributed by atoms with van der Waals surface area (Å²) >= 11 is 0. The molecule has 0 aliphatic rings. The molecule has 0 saturated heterocycles. The van der Waals surface area contributed by atoms with Gasteiger partial charge in [-0.1, -0.05) is 61.9 Å². The first kappa shape index (κ1) is 24.8. The fraction of sp³-hybridized carbons (Fsp3) is 0.429. The number of pyridine rings is 1. The molecule has 2 heterocycles. The summed E-state index contributed by atoms with van der Waals surface area (Å²) in [6.07, 6.45) is 1.72. The molecule has 0 saturated carbocycles. The van der Waals surface area contributed by atoms with Gasteiger partial charge in [-0.2, -0.15) is 0 Å². The van der Waals surface area contributed by atoms with E-state index in [4.69, 9.17) is 0 Å². The molecule has 0 bridgehead atoms. The second-order valence-electron chi connectivity index (χ2n) is 10.1. The number of aromatic amines is 1. The lowest BCUT2D eigenvalue weighted by atomic mass is 10.0. The highest BCUT2D eigenvalue weighted by Crippen LogP contribution is 2.30. The van der Waals surface area contributed by atoms with Crippen LogP contribution in [0.2, 0.25) is 0 Å². The normalized spacial score (nSPS) is 13.0. The van der Waals surface area contributed by atoms with Gasteiger partial charge in [-0.25, -0.2) is 4.68 Å². The Morgan fingerprint density at radius 1 is 1.06 bits per heavy atom. The van der Waals surface area contributed by atoms with E-state index in [1.807, 2.05) is 35.9 Å². The first-order chi connectivity index (χ1) is 16.7. The number of para-hydroxylation sites is 1. The predicted octanol–water partition coefficient (Wildman–Crippen LogP) is 5.43. The number of aryl methyl sites for hydroxylation is 2. The number of nitrogens with zero attached hydrogens (tertiary/aromatic N) is 5. The Labute approximate surface area is 207 Å². The van der Waals surface area contributed by atoms with Crippen LogP contribution < -0.4 is 5.56 Å². The van der Waals surface area contributed by atoms with Crippen LogP contribution in [-0.4, -0.2) is 30.1 Å². The first-order valence-electron chi connectivity index (χ1n) is 12.4. The minimum Gasteiger partial charge on any atom is -0.321 e. The van der Waals surface area contributed by atoms with Crippen molar-refractivity contribution in [3.05, 3.63) is 87.0 Å². The van der Waals surface area contributed by atoms with Crippen molar-refractivity contribution in [3.8, 4) is 0 Å². The highest BCUT2D eigenvalue weighted by Gasteiger charge is 2.31. The van der Waals surface area contributed by atoms with Crippen LogP contribution in [0.1, 0.15) is 74.7 Å². The Hall–Kier alpha value is -3.32. The molecule has 7 nitrogen and oxygen atoms in total. The second-order valence-corrected chi connectivity index (χ2v) is 10.1. The predicted molar refractivity (Wildman–Crippen MR) is 140 cm³/mol. The van der Waals surface area contributed by atoms with Crippen LogP contribution in [0.15, 0.2) is 53.3 Å². The molecule has 0 aliphatic heterocycles. The van der Waals surface area contributed by atoms with Gasteiger partial charge in [0, 0.05) is 18.7 Å². The monoisotopic (exact) mass is 472 g/mol. The molecule has 0 amide bonds. The van der Waals surface area contributed by atoms with E-state index in [0.717, 1.165) is 40.7 Å². The van der Waals surface area contributed by atoms with Gasteiger partial charge in [0.2, 0.25) is 0 Å². The third-order valence-electron chi connectivity index (χ3n) is 7.10. The van der Waals surface area contributed by atoms with Gasteiger partial charge in [-0.05, 0) is 73.5 Å². The molecule has 7 heteroatoms. The maximum absolute atomic E-state index is 13.2. The summed E-state index contributed by atoms with van der Waals surface area (Å²) in [5.74, 6) is 0.833. The fourth-order valence-electron chi connectivity index (χ4n) is 4.56. The Kier molecular flexibility index (Phi) is 7.17. The van der Waals surface area contributed by atoms with Crippen molar-refractivity contribution in [1.82, 2.24) is 30.1 Å². The van der Waals surface area contributed by atoms with Crippen LogP contribution in [0.25, 0.3) is 10.9 Å². The van der Waals surface area contributed by atoms with Crippen LogP contribution in [0.4, 0.5) is 0 Å². The minimum absolute atomic E-state index is 0.0512. The molecule has 0 fully saturated rings. The van der Waals surface area contributed by atoms with Gasteiger partial charge in [-0.15, -0.1) is 5.10 Å². The zero-order valence-electron chi connectivity index (χ0n) is 21.7. The van der Waals surface area contributed by atoms with E-state index in [1.54, 1.807) is 0 Å². The van der Waals surface area contributed by atoms with Crippen molar-refractivity contribution in [3.63, 3.8) is 0 Å². The van der Waals surface area contributed by atoms with Crippen molar-refractivity contribution >= 4 is 10.9 Å². The Balaban J connectivity index is 1.78. The van der Waals surface area contributed by atoms with Crippen LogP contribution in [-0.2, 0) is 18.6 Å². The molecule has 184 valence electrons. The number of rotatable bonds is 9. The third-order valence-corrected chi connectivity index (χ3v) is 7.10. The van der Waals surface area contributed by atoms with Gasteiger partial charge in [0.05, 0.1) is 17.1 Å². The van der Waals surface area contributed by atoms with Crippen LogP contribution >= 0.6 is 0 Å². The van der Waals surface area contributed by atoms with Gasteiger partial charge < -0.3 is 4.98 Å². The van der Waals surface area contributed by atoms with E-state index in [0.29, 0.717) is 13.1 Å². The molecule has 4 aromatic rings. The SMILES string of the molecule is CCC(c1nnnn1C(C)(C)CC)N(Cc1ccc(C)cc1)Cc1cc2cccc(C)c2[nH]c1=O. The van der Waals surface area contributed by atoms with Crippen molar-refractivity contribution in [2.24, 2.45) is 0 Å². The third kappa shape index (κ3) is 5.20. The molecule has 1 N–H and O–H groups in total. The smallest absolute Gasteiger partial charge is 0.252 e. The van der Waals surface area contributed by atoms with Gasteiger partial charge in [-0.3, -0.25) is 9.69 Å². The molecular formula is C28H36N6O. The van der Waals surface area contributed by atoms with E-state index in [1.165, 1.54) is 11.1 Å². The summed E-state index contributed by atoms with van der Waals surface area (Å²) in [4.78, 5) is 18.6. The molecule has 4 rings (SSSR count). The van der Waals surface area contributed by atoms with E-state index in [-0.39, 0.29) is 17.1 Å². The number of nitrogens with one attached hydrogen (secondary N) is 1. The Morgan fingerprint density at radius 2 is 1.80 bits per heavy atom. The second kappa shape index (κ2) is 10.1. The molecule has 35 heavy (non-hydrogen) atoms. The first-order valence-corrected chi connectivity index (χ1v) is 12.4. The van der Waals surface area contributed by atoms with Crippen LogP contribution in [0.3, 0.4) is 0 Å². The quantitative estimate of drug-likeness (QED) is 0.351. The number of H-pyrrole nitrogens is 1. The van der Waals surface area contributed by atoms with Crippen molar-refractivity contribution in [2.75, 3.05) is 0 Å². The summed E-state index contributed by atoms with van der Waals surface area (Å²) in [6, 6.07) is 16.6. The Bertz CT molecular complexity index is 1350. The number of tetrazole rings is 1. The fourth-order valence-corrected chi connectivity index (χ4v) is 4.56. The lowest BCUT2D eigenvalue weighted by molar-refractivity contribution is 0.150. The minimum atomic E-state index is -0.209. The van der Waals surface area contributed by atoms with Gasteiger partial charge in [0.15, 0.2) is 5.82 Å². The number of fused-ring (bicyclic) bond motifs is 1. The van der Waals surface area contributed by atoms with E-state index >= 15 is 0 Å². The van der Waals surface area contributed by atoms with Gasteiger partial charge in [0.25, 0.3) is 5.56 Å². The standard InChI is InChI=1S/C28H36N6O/c1-7-24(26-30-31-32-34(26)28(5,6)8-2)33(17-21-14-12-19(3)13-15-21)18-23-16-22-11-9-10-20(4)25(22)29-27(23)35/h9-16,24H,7-8,17-18H2,1-6H3,(H,29,35). The maximum Gasteiger partial charge on any atom is 0.252 e. The van der Waals surface area contributed by atoms with Crippen molar-refractivity contribution < 1.29 is 0 Å². The van der Waals surface area contributed by atoms with Gasteiger partial charge in [0.1, 0.15) is 0 Å². The number of hydrogen-bond acceptors (Lipinski definition) is 5. The highest BCUT2D eigenvalue weighted by atomic mass is 16.1. The topological polar surface area (TPSA) is 79.7 Å². The molecule has 0 spiro atoms. The summed E-state index contributed by atoms with van der Waals surface area (Å²) < 4.78 is 1.96. The Morgan fingerprint density at radius 3 is 2.49 bits per heavy atom. The van der Waals surface area contributed by atoms with E-state index in [9.17, 15) is 4.79 Å². The molecule has 0 aliphatic carbocycles. The average molecular weight is 473 g/mol. The van der Waals surface area contributed by atoms with Crippen LogP contribution in [0, 0.1) is 13.8 Å². The highest BCUT2D eigenvalue weighted by molar-refractivity contribution is 5.81. The molecule has 2 aromatic carbocycles. The zero-order chi connectivity index (χ0) is 25.2. The lowest BCUT2D eigenvalue weighted by Gasteiger charge is -2.33. The average Bonchev–Trinajstić information content (AvgIpc) is 3.33. The van der Waals surface area contributed by atoms with Crippen molar-refractivity contribution in [1.29, 1.82) is 0 Å². The van der Waals surface area contributed by atoms with E-state index in [2.05, 4.69) is 84.3 Å². The van der Waals surface area contributed by atoms with Crippen LogP contribution in [0.5, 0.6) is 0 Å². The summed E-state index contributed by atoms with van der Waals surface area (Å²) in [5.41, 5.74) is 4.85. The largest absolute Gasteiger partial charge is 0.321 e.